The molecule has 2 heterocycles. The van der Waals surface area contributed by atoms with Crippen LogP contribution in [0.1, 0.15) is 24.0 Å². The molecule has 2 rings (SSSR count). The Morgan fingerprint density at radius 3 is 2.88 bits per heavy atom. The highest BCUT2D eigenvalue weighted by atomic mass is 32.1. The minimum Gasteiger partial charge on any atom is -0.389 e. The van der Waals surface area contributed by atoms with Gasteiger partial charge in [-0.25, -0.2) is 4.98 Å². The number of nitrogens with zero attached hydrogens (tertiary/aromatic N) is 1. The van der Waals surface area contributed by atoms with Gasteiger partial charge in [0.15, 0.2) is 0 Å². The third-order valence-electron chi connectivity index (χ3n) is 3.02. The van der Waals surface area contributed by atoms with Crippen LogP contribution in [0.2, 0.25) is 0 Å². The van der Waals surface area contributed by atoms with Gasteiger partial charge in [0, 0.05) is 24.2 Å². The first-order valence-corrected chi connectivity index (χ1v) is 6.85. The lowest BCUT2D eigenvalue weighted by atomic mass is 10.1. The average molecular weight is 257 g/mol. The Labute approximate surface area is 105 Å². The molecule has 17 heavy (non-hydrogen) atoms. The summed E-state index contributed by atoms with van der Waals surface area (Å²) in [6.45, 7) is 2.44. The van der Waals surface area contributed by atoms with E-state index >= 15 is 0 Å². The maximum absolute atomic E-state index is 9.86. The van der Waals surface area contributed by atoms with Crippen molar-refractivity contribution in [2.75, 3.05) is 19.6 Å². The molecule has 0 aliphatic carbocycles. The summed E-state index contributed by atoms with van der Waals surface area (Å²) in [7, 11) is 0. The highest BCUT2D eigenvalue weighted by molar-refractivity contribution is 7.09. The van der Waals surface area contributed by atoms with Crippen LogP contribution in [0.25, 0.3) is 0 Å². The molecular formula is C11H19N3O2S. The van der Waals surface area contributed by atoms with Gasteiger partial charge in [-0.15, -0.1) is 11.3 Å². The summed E-state index contributed by atoms with van der Waals surface area (Å²) in [5.74, 6) is 0. The third kappa shape index (κ3) is 3.72. The van der Waals surface area contributed by atoms with E-state index in [4.69, 9.17) is 0 Å². The van der Waals surface area contributed by atoms with E-state index in [0.29, 0.717) is 17.6 Å². The SMILES string of the molecule is OC(CNC1CCNCC1)C(O)c1nccs1. The lowest BCUT2D eigenvalue weighted by molar-refractivity contribution is 0.0169. The number of piperidine rings is 1. The van der Waals surface area contributed by atoms with Gasteiger partial charge in [-0.2, -0.15) is 0 Å². The number of nitrogens with one attached hydrogen (secondary N) is 2. The topological polar surface area (TPSA) is 77.4 Å². The fourth-order valence-corrected chi connectivity index (χ4v) is 2.65. The molecule has 1 aromatic heterocycles. The monoisotopic (exact) mass is 257 g/mol. The number of aliphatic hydroxyl groups is 2. The summed E-state index contributed by atoms with van der Waals surface area (Å²) in [6, 6.07) is 0.439. The summed E-state index contributed by atoms with van der Waals surface area (Å²) < 4.78 is 0. The minimum absolute atomic E-state index is 0.408. The second kappa shape index (κ2) is 6.42. The van der Waals surface area contributed by atoms with Gasteiger partial charge in [0.2, 0.25) is 0 Å². The maximum Gasteiger partial charge on any atom is 0.133 e. The second-order valence-corrected chi connectivity index (χ2v) is 5.24. The molecule has 2 atom stereocenters. The van der Waals surface area contributed by atoms with Crippen molar-refractivity contribution in [3.8, 4) is 0 Å². The Balaban J connectivity index is 1.74. The van der Waals surface area contributed by atoms with Crippen molar-refractivity contribution in [1.82, 2.24) is 15.6 Å². The predicted molar refractivity (Wildman–Crippen MR) is 67.0 cm³/mol. The number of hydrogen-bond acceptors (Lipinski definition) is 6. The minimum atomic E-state index is -0.885. The van der Waals surface area contributed by atoms with E-state index in [2.05, 4.69) is 15.6 Å². The Kier molecular flexibility index (Phi) is 4.87. The molecule has 1 aliphatic heterocycles. The van der Waals surface area contributed by atoms with Gasteiger partial charge in [-0.1, -0.05) is 0 Å². The summed E-state index contributed by atoms with van der Waals surface area (Å²) in [5.41, 5.74) is 0. The van der Waals surface area contributed by atoms with Crippen molar-refractivity contribution < 1.29 is 10.2 Å². The van der Waals surface area contributed by atoms with Gasteiger partial charge in [-0.3, -0.25) is 0 Å². The highest BCUT2D eigenvalue weighted by Gasteiger charge is 2.22. The highest BCUT2D eigenvalue weighted by Crippen LogP contribution is 2.18. The first kappa shape index (κ1) is 12.9. The van der Waals surface area contributed by atoms with Crippen LogP contribution in [-0.4, -0.2) is 47.0 Å². The molecule has 1 aromatic rings. The van der Waals surface area contributed by atoms with Gasteiger partial charge in [-0.05, 0) is 25.9 Å². The van der Waals surface area contributed by atoms with Crippen LogP contribution in [0.15, 0.2) is 11.6 Å². The molecule has 4 N–H and O–H groups in total. The zero-order valence-corrected chi connectivity index (χ0v) is 10.5. The summed E-state index contributed by atoms with van der Waals surface area (Å²) >= 11 is 1.36. The largest absolute Gasteiger partial charge is 0.389 e. The Bertz CT molecular complexity index is 315. The molecule has 0 saturated carbocycles. The number of hydrogen-bond donors (Lipinski definition) is 4. The van der Waals surface area contributed by atoms with Crippen molar-refractivity contribution in [2.45, 2.75) is 31.1 Å². The lowest BCUT2D eigenvalue weighted by Crippen LogP contribution is -2.43. The molecular weight excluding hydrogens is 238 g/mol. The fraction of sp³-hybridized carbons (Fsp3) is 0.727. The van der Waals surface area contributed by atoms with Gasteiger partial charge in [0.25, 0.3) is 0 Å². The third-order valence-corrected chi connectivity index (χ3v) is 3.87. The van der Waals surface area contributed by atoms with Crippen LogP contribution in [0.4, 0.5) is 0 Å². The van der Waals surface area contributed by atoms with Crippen LogP contribution in [0.3, 0.4) is 0 Å². The van der Waals surface area contributed by atoms with Crippen LogP contribution < -0.4 is 10.6 Å². The molecule has 0 bridgehead atoms. The van der Waals surface area contributed by atoms with E-state index in [-0.39, 0.29) is 0 Å². The molecule has 1 saturated heterocycles. The molecule has 0 amide bonds. The molecule has 1 fully saturated rings. The van der Waals surface area contributed by atoms with Gasteiger partial charge in [0.05, 0.1) is 6.10 Å². The maximum atomic E-state index is 9.86. The Morgan fingerprint density at radius 1 is 1.47 bits per heavy atom. The fourth-order valence-electron chi connectivity index (χ4n) is 1.97. The normalized spacial score (nSPS) is 21.3. The van der Waals surface area contributed by atoms with Crippen LogP contribution in [0.5, 0.6) is 0 Å². The summed E-state index contributed by atoms with van der Waals surface area (Å²) in [5, 5.41) is 28.7. The van der Waals surface area contributed by atoms with Crippen molar-refractivity contribution in [1.29, 1.82) is 0 Å². The second-order valence-electron chi connectivity index (χ2n) is 4.32. The molecule has 0 spiro atoms. The van der Waals surface area contributed by atoms with E-state index in [0.717, 1.165) is 25.9 Å². The zero-order chi connectivity index (χ0) is 12.1. The summed E-state index contributed by atoms with van der Waals surface area (Å²) in [4.78, 5) is 4.00. The lowest BCUT2D eigenvalue weighted by Gasteiger charge is -2.26. The molecule has 5 nitrogen and oxygen atoms in total. The van der Waals surface area contributed by atoms with E-state index in [1.165, 1.54) is 11.3 Å². The molecule has 2 unspecified atom stereocenters. The molecule has 1 aliphatic rings. The van der Waals surface area contributed by atoms with Crippen LogP contribution >= 0.6 is 11.3 Å². The van der Waals surface area contributed by atoms with E-state index in [9.17, 15) is 10.2 Å². The molecule has 0 aromatic carbocycles. The van der Waals surface area contributed by atoms with Crippen molar-refractivity contribution in [3.63, 3.8) is 0 Å². The Hall–Kier alpha value is -0.530. The van der Waals surface area contributed by atoms with E-state index in [1.807, 2.05) is 0 Å². The van der Waals surface area contributed by atoms with Gasteiger partial charge in [0.1, 0.15) is 11.1 Å². The molecule has 0 radical (unpaired) electrons. The standard InChI is InChI=1S/C11H19N3O2S/c15-9(10(16)11-13-5-6-17-11)7-14-8-1-3-12-4-2-8/h5-6,8-10,12,14-16H,1-4,7H2. The van der Waals surface area contributed by atoms with Gasteiger partial charge >= 0.3 is 0 Å². The summed E-state index contributed by atoms with van der Waals surface area (Å²) in [6.07, 6.45) is 2.09. The zero-order valence-electron chi connectivity index (χ0n) is 9.67. The average Bonchev–Trinajstić information content (AvgIpc) is 2.90. The molecule has 96 valence electrons. The van der Waals surface area contributed by atoms with E-state index < -0.39 is 12.2 Å². The first-order chi connectivity index (χ1) is 8.27. The van der Waals surface area contributed by atoms with Crippen molar-refractivity contribution >= 4 is 11.3 Å². The van der Waals surface area contributed by atoms with Crippen molar-refractivity contribution in [3.05, 3.63) is 16.6 Å². The van der Waals surface area contributed by atoms with Crippen molar-refractivity contribution in [2.24, 2.45) is 0 Å². The molecule has 6 heteroatoms. The number of aliphatic hydroxyl groups excluding tert-OH is 2. The quantitative estimate of drug-likeness (QED) is 0.591. The van der Waals surface area contributed by atoms with Gasteiger partial charge < -0.3 is 20.8 Å². The smallest absolute Gasteiger partial charge is 0.133 e. The van der Waals surface area contributed by atoms with E-state index in [1.54, 1.807) is 11.6 Å². The first-order valence-electron chi connectivity index (χ1n) is 5.97. The van der Waals surface area contributed by atoms with Crippen LogP contribution in [-0.2, 0) is 0 Å². The number of rotatable bonds is 5. The number of aromatic nitrogens is 1. The predicted octanol–water partition coefficient (Wildman–Crippen LogP) is -0.121. The number of thiazole rings is 1. The van der Waals surface area contributed by atoms with Crippen LogP contribution in [0, 0.1) is 0 Å². The Morgan fingerprint density at radius 2 is 2.24 bits per heavy atom.